The number of nitrogens with one attached hydrogen (secondary N) is 3. The molecule has 26 nitrogen and oxygen atoms in total. The SMILES string of the molecule is C[Si](C)(CCCNC(=O)CCC[NH+](CCCS(=O)(=O)[O-])CCCS(=O)(=O)ON)O[Si]1(O[Si](C)(C)CCCNC(=O)COCC(=O)ON)n2c3c4ccccc4c2N=C2N=C(N=c4c5ccccc5c(n41)=NC1=NC(=N3)c3ccccc31)c1ccccc12. The standard InChI is InChI=1S/C56H69N13O13S2Si3/c1-85(2,34-14-27-59-46(70)26-13-29-67(30-16-32-83(73,74)75)31-17-33-84(76,77)80-58)81-87(82-86(3,4)35-15-28-60-47(71)36-78-37-48(72)79-57)68-53-42-22-9-10-23-43(42)55(68)65-51-40-20-7-8-21-41(40)52(62-51)66-56-45-25-12-11-24-44(45)54(69(56)87)64-50-39-19-6-5-18-38(39)49(61-50)63-53/h5-12,18-25H,13-17,26-37,57-58H2,1-4H3,(H,59,70)(H,60,71)(H,73,74,75). The van der Waals surface area contributed by atoms with E-state index in [1.165, 1.54) is 0 Å². The summed E-state index contributed by atoms with van der Waals surface area (Å²) in [5.41, 5.74) is 4.09. The van der Waals surface area contributed by atoms with Crippen LogP contribution in [0.5, 0.6) is 0 Å². The van der Waals surface area contributed by atoms with Crippen molar-refractivity contribution in [1.82, 2.24) is 19.1 Å². The van der Waals surface area contributed by atoms with Crippen molar-refractivity contribution in [2.45, 2.75) is 76.8 Å². The highest BCUT2D eigenvalue weighted by molar-refractivity contribution is 7.86. The van der Waals surface area contributed by atoms with Crippen LogP contribution >= 0.6 is 0 Å². The zero-order valence-electron chi connectivity index (χ0n) is 48.6. The summed E-state index contributed by atoms with van der Waals surface area (Å²) in [6.07, 6.45) is 1.77. The fourth-order valence-electron chi connectivity index (χ4n) is 11.3. The van der Waals surface area contributed by atoms with Gasteiger partial charge in [-0.05, 0) is 51.1 Å². The predicted molar refractivity (Wildman–Crippen MR) is 332 cm³/mol. The van der Waals surface area contributed by atoms with E-state index >= 15 is 0 Å². The molecule has 7 N–H and O–H groups in total. The lowest BCUT2D eigenvalue weighted by molar-refractivity contribution is -0.900. The highest BCUT2D eigenvalue weighted by Crippen LogP contribution is 2.45. The molecule has 31 heteroatoms. The number of carbonyl (C=O) groups is 3. The minimum atomic E-state index is -4.65. The van der Waals surface area contributed by atoms with Gasteiger partial charge >= 0.3 is 14.9 Å². The maximum Gasteiger partial charge on any atom is 0.582 e. The number of fused-ring (bicyclic) bond motifs is 14. The molecule has 6 aromatic rings. The largest absolute Gasteiger partial charge is 0.748 e. The number of aromatic nitrogens is 2. The van der Waals surface area contributed by atoms with Crippen molar-refractivity contribution >= 4 is 120 Å². The fraction of sp³-hybridized carbons (Fsp3) is 0.375. The van der Waals surface area contributed by atoms with Crippen LogP contribution in [0.2, 0.25) is 38.3 Å². The summed E-state index contributed by atoms with van der Waals surface area (Å²) in [6.45, 7) is 9.20. The van der Waals surface area contributed by atoms with E-state index in [4.69, 9.17) is 54.7 Å². The van der Waals surface area contributed by atoms with Crippen molar-refractivity contribution < 1.29 is 62.8 Å². The molecule has 2 unspecified atom stereocenters. The molecule has 87 heavy (non-hydrogen) atoms. The summed E-state index contributed by atoms with van der Waals surface area (Å²) in [6, 6.07) is 32.6. The van der Waals surface area contributed by atoms with Crippen molar-refractivity contribution in [3.05, 3.63) is 130 Å². The van der Waals surface area contributed by atoms with E-state index in [0.29, 0.717) is 96.9 Å². The average Bonchev–Trinajstić information content (AvgIpc) is 1.61. The number of amides is 2. The van der Waals surface area contributed by atoms with Crippen LogP contribution in [0.1, 0.15) is 60.8 Å². The summed E-state index contributed by atoms with van der Waals surface area (Å²) >= 11 is 0. The molecule has 4 aromatic carbocycles. The number of ether oxygens (including phenoxy) is 1. The Bertz CT molecular complexity index is 4010. The Morgan fingerprint density at radius 3 is 1.47 bits per heavy atom. The molecule has 4 aliphatic rings. The van der Waals surface area contributed by atoms with Gasteiger partial charge in [0.05, 0.1) is 35.5 Å². The van der Waals surface area contributed by atoms with Crippen molar-refractivity contribution in [1.29, 1.82) is 0 Å². The van der Waals surface area contributed by atoms with Crippen molar-refractivity contribution in [3.63, 3.8) is 0 Å². The third-order valence-corrected chi connectivity index (χ3v) is 28.7. The number of nitrogens with two attached hydrogens (primary N) is 2. The summed E-state index contributed by atoms with van der Waals surface area (Å²) in [7, 11) is -19.3. The Balaban J connectivity index is 1.06. The molecule has 0 saturated heterocycles. The molecule has 0 aliphatic carbocycles. The van der Waals surface area contributed by atoms with E-state index in [1.54, 1.807) is 0 Å². The summed E-state index contributed by atoms with van der Waals surface area (Å²) in [5, 5.41) is 8.98. The molecule has 6 bridgehead atoms. The molecule has 2 amide bonds. The Labute approximate surface area is 505 Å². The number of benzene rings is 4. The third kappa shape index (κ3) is 14.4. The van der Waals surface area contributed by atoms with Gasteiger partial charge in [-0.25, -0.2) is 43.2 Å². The molecule has 2 atom stereocenters. The lowest BCUT2D eigenvalue weighted by Crippen LogP contribution is -3.12. The Kier molecular flexibility index (Phi) is 19.0. The van der Waals surface area contributed by atoms with Gasteiger partial charge in [-0.2, -0.15) is 24.5 Å². The molecule has 2 aromatic heterocycles. The smallest absolute Gasteiger partial charge is 0.582 e. The molecule has 0 radical (unpaired) electrons. The van der Waals surface area contributed by atoms with Gasteiger partial charge in [-0.15, -0.1) is 0 Å². The minimum absolute atomic E-state index is 0.0744. The van der Waals surface area contributed by atoms with Crippen LogP contribution in [0, 0.1) is 0 Å². The quantitative estimate of drug-likeness (QED) is 0.0195. The molecule has 6 heterocycles. The number of hydrogen-bond acceptors (Lipinski definition) is 21. The van der Waals surface area contributed by atoms with E-state index in [1.807, 2.05) is 97.1 Å². The first kappa shape index (κ1) is 62.9. The molecule has 0 spiro atoms. The molecule has 0 saturated carbocycles. The van der Waals surface area contributed by atoms with Gasteiger partial charge in [-0.1, -0.05) is 97.1 Å². The highest BCUT2D eigenvalue weighted by Gasteiger charge is 2.58. The van der Waals surface area contributed by atoms with Crippen LogP contribution in [-0.4, -0.2) is 154 Å². The number of carbonyl (C=O) groups excluding carboxylic acids is 3. The van der Waals surface area contributed by atoms with Crippen LogP contribution in [0.3, 0.4) is 0 Å². The van der Waals surface area contributed by atoms with Crippen molar-refractivity contribution in [2.75, 3.05) is 57.4 Å². The Morgan fingerprint density at radius 2 is 1.00 bits per heavy atom. The van der Waals surface area contributed by atoms with Gasteiger partial charge < -0.3 is 37.9 Å². The Morgan fingerprint density at radius 1 is 0.563 bits per heavy atom. The first-order chi connectivity index (χ1) is 41.6. The van der Waals surface area contributed by atoms with Crippen LogP contribution < -0.4 is 38.3 Å². The van der Waals surface area contributed by atoms with E-state index < -0.39 is 70.0 Å². The second-order valence-corrected chi connectivity index (χ2v) is 37.6. The third-order valence-electron chi connectivity index (χ3n) is 15.2. The maximum absolute atomic E-state index is 13.6. The Hall–Kier alpha value is -7.12. The van der Waals surface area contributed by atoms with E-state index in [2.05, 4.69) is 54.4 Å². The van der Waals surface area contributed by atoms with Crippen LogP contribution in [-0.2, 0) is 56.7 Å². The van der Waals surface area contributed by atoms with Crippen LogP contribution in [0.15, 0.2) is 127 Å². The summed E-state index contributed by atoms with van der Waals surface area (Å²) in [4.78, 5) is 75.8. The van der Waals surface area contributed by atoms with Gasteiger partial charge in [0, 0.05) is 88.3 Å². The molecular weight excluding hydrogens is 1210 g/mol. The topological polar surface area (TPSA) is 353 Å². The van der Waals surface area contributed by atoms with Gasteiger partial charge in [0.25, 0.3) is 10.1 Å². The second-order valence-electron chi connectivity index (χ2n) is 22.7. The van der Waals surface area contributed by atoms with Gasteiger partial charge in [0.2, 0.25) is 11.8 Å². The maximum atomic E-state index is 13.6. The molecule has 10 rings (SSSR count). The monoisotopic (exact) mass is 1280 g/mol. The van der Waals surface area contributed by atoms with Gasteiger partial charge in [-0.3, -0.25) is 18.1 Å². The minimum Gasteiger partial charge on any atom is -0.748 e. The van der Waals surface area contributed by atoms with E-state index in [0.717, 1.165) is 48.7 Å². The fourth-order valence-corrected chi connectivity index (χ4v) is 24.9. The number of quaternary nitrogens is 1. The average molecular weight is 1280 g/mol. The molecule has 0 fully saturated rings. The zero-order valence-corrected chi connectivity index (χ0v) is 53.2. The van der Waals surface area contributed by atoms with Crippen molar-refractivity contribution in [2.24, 2.45) is 41.7 Å². The number of nitrogens with zero attached hydrogens (tertiary/aromatic N) is 8. The number of aliphatic imine (C=N–C) groups is 4. The van der Waals surface area contributed by atoms with Gasteiger partial charge in [0.1, 0.15) is 35.8 Å². The number of rotatable bonds is 29. The number of hydrogen-bond donors (Lipinski definition) is 5. The first-order valence-corrected chi connectivity index (χ1v) is 39.7. The summed E-state index contributed by atoms with van der Waals surface area (Å²) in [5.74, 6) is 10.2. The number of amidine groups is 4. The van der Waals surface area contributed by atoms with E-state index in [9.17, 15) is 35.8 Å². The predicted octanol–water partition coefficient (Wildman–Crippen LogP) is 2.47. The molecule has 4 aliphatic heterocycles. The molecular formula is C56H69N13O13S2Si3. The second kappa shape index (κ2) is 26.3. The summed E-state index contributed by atoms with van der Waals surface area (Å²) < 4.78 is 87.9. The highest BCUT2D eigenvalue weighted by atomic mass is 32.2. The van der Waals surface area contributed by atoms with Gasteiger partial charge in [0.15, 0.2) is 40.0 Å². The molecule has 460 valence electrons. The van der Waals surface area contributed by atoms with E-state index in [-0.39, 0.29) is 50.6 Å². The normalized spacial score (nSPS) is 16.4. The van der Waals surface area contributed by atoms with Crippen LogP contribution in [0.4, 0.5) is 11.6 Å². The van der Waals surface area contributed by atoms with Crippen molar-refractivity contribution in [3.8, 4) is 0 Å². The lowest BCUT2D eigenvalue weighted by Gasteiger charge is -2.43. The first-order valence-electron chi connectivity index (χ1n) is 28.6. The zero-order chi connectivity index (χ0) is 61.7. The van der Waals surface area contributed by atoms with Crippen LogP contribution in [0.25, 0.3) is 21.5 Å². The lowest BCUT2D eigenvalue weighted by atomic mass is 10.1.